The molecule has 3 N–H and O–H groups in total. The number of amides is 2. The molecule has 7 nitrogen and oxygen atoms in total. The first-order valence-corrected chi connectivity index (χ1v) is 8.69. The number of nitrogens with zero attached hydrogens (tertiary/aromatic N) is 1. The third kappa shape index (κ3) is 4.93. The smallest absolute Gasteiger partial charge is 0.283 e. The summed E-state index contributed by atoms with van der Waals surface area (Å²) in [5, 5.41) is 13.8. The van der Waals surface area contributed by atoms with Crippen LogP contribution in [0.4, 0.5) is 11.4 Å². The molecule has 0 aromatic heterocycles. The molecule has 2 aromatic carbocycles. The van der Waals surface area contributed by atoms with E-state index in [9.17, 15) is 19.7 Å². The topological polar surface area (TPSA) is 115 Å². The minimum absolute atomic E-state index is 0.00221. The minimum Gasteiger partial charge on any atom is -0.366 e. The van der Waals surface area contributed by atoms with Crippen LogP contribution < -0.4 is 11.1 Å². The Labute approximate surface area is 155 Å². The van der Waals surface area contributed by atoms with Crippen molar-refractivity contribution in [2.45, 2.75) is 4.90 Å². The molecule has 2 aromatic rings. The molecule has 0 heterocycles. The SMILES string of the molecule is NC(=O)c1ccc(SCC(=O)Nc2cccc(I)c2)c([N+](=O)[O-])c1. The Morgan fingerprint density at radius 3 is 2.62 bits per heavy atom. The molecule has 2 amide bonds. The maximum atomic E-state index is 12.0. The highest BCUT2D eigenvalue weighted by Gasteiger charge is 2.18. The summed E-state index contributed by atoms with van der Waals surface area (Å²) in [5.74, 6) is -1.02. The third-order valence-corrected chi connectivity index (χ3v) is 4.64. The number of hydrogen-bond acceptors (Lipinski definition) is 5. The van der Waals surface area contributed by atoms with Crippen LogP contribution in [-0.2, 0) is 4.79 Å². The standard InChI is InChI=1S/C15H12IN3O4S/c16-10-2-1-3-11(7-10)18-14(20)8-24-13-5-4-9(15(17)21)6-12(13)19(22)23/h1-7H,8H2,(H2,17,21)(H,18,20). The summed E-state index contributed by atoms with van der Waals surface area (Å²) in [7, 11) is 0. The molecule has 0 fully saturated rings. The van der Waals surface area contributed by atoms with Gasteiger partial charge in [-0.15, -0.1) is 11.8 Å². The number of hydrogen-bond donors (Lipinski definition) is 2. The van der Waals surface area contributed by atoms with Crippen LogP contribution in [0.3, 0.4) is 0 Å². The maximum Gasteiger partial charge on any atom is 0.283 e. The fourth-order valence-electron chi connectivity index (χ4n) is 1.84. The molecule has 124 valence electrons. The lowest BCUT2D eigenvalue weighted by atomic mass is 10.2. The summed E-state index contributed by atoms with van der Waals surface area (Å²) < 4.78 is 0.982. The molecule has 24 heavy (non-hydrogen) atoms. The Bertz CT molecular complexity index is 813. The van der Waals surface area contributed by atoms with Gasteiger partial charge in [-0.3, -0.25) is 19.7 Å². The van der Waals surface area contributed by atoms with E-state index in [-0.39, 0.29) is 22.9 Å². The molecular formula is C15H12IN3O4S. The average Bonchev–Trinajstić information content (AvgIpc) is 2.52. The van der Waals surface area contributed by atoms with Gasteiger partial charge in [0, 0.05) is 20.9 Å². The molecule has 0 aliphatic rings. The van der Waals surface area contributed by atoms with Crippen LogP contribution in [-0.4, -0.2) is 22.5 Å². The second-order valence-corrected chi connectivity index (χ2v) is 6.91. The number of halogens is 1. The molecule has 0 unspecified atom stereocenters. The number of rotatable bonds is 6. The van der Waals surface area contributed by atoms with E-state index in [4.69, 9.17) is 5.73 Å². The number of nitrogens with two attached hydrogens (primary N) is 1. The van der Waals surface area contributed by atoms with Crippen molar-refractivity contribution in [2.75, 3.05) is 11.1 Å². The Morgan fingerprint density at radius 1 is 1.25 bits per heavy atom. The van der Waals surface area contributed by atoms with E-state index >= 15 is 0 Å². The molecule has 0 radical (unpaired) electrons. The number of benzene rings is 2. The van der Waals surface area contributed by atoms with Gasteiger partial charge in [-0.25, -0.2) is 0 Å². The molecule has 0 spiro atoms. The van der Waals surface area contributed by atoms with Gasteiger partial charge in [-0.1, -0.05) is 6.07 Å². The second kappa shape index (κ2) is 8.11. The highest BCUT2D eigenvalue weighted by atomic mass is 127. The molecular weight excluding hydrogens is 445 g/mol. The van der Waals surface area contributed by atoms with Crippen molar-refractivity contribution in [3.63, 3.8) is 0 Å². The fourth-order valence-corrected chi connectivity index (χ4v) is 3.19. The minimum atomic E-state index is -0.744. The van der Waals surface area contributed by atoms with Gasteiger partial charge < -0.3 is 11.1 Å². The number of nitro groups is 1. The molecule has 2 rings (SSSR count). The van der Waals surface area contributed by atoms with Crippen molar-refractivity contribution in [3.8, 4) is 0 Å². The number of carbonyl (C=O) groups excluding carboxylic acids is 2. The lowest BCUT2D eigenvalue weighted by Gasteiger charge is -2.06. The monoisotopic (exact) mass is 457 g/mol. The van der Waals surface area contributed by atoms with Gasteiger partial charge >= 0.3 is 0 Å². The molecule has 0 saturated heterocycles. The van der Waals surface area contributed by atoms with Gasteiger partial charge in [0.15, 0.2) is 0 Å². The largest absolute Gasteiger partial charge is 0.366 e. The van der Waals surface area contributed by atoms with Crippen molar-refractivity contribution >= 4 is 57.5 Å². The number of thioether (sulfide) groups is 1. The zero-order valence-electron chi connectivity index (χ0n) is 12.2. The predicted molar refractivity (Wildman–Crippen MR) is 100 cm³/mol. The summed E-state index contributed by atoms with van der Waals surface area (Å²) in [6.45, 7) is 0. The lowest BCUT2D eigenvalue weighted by Crippen LogP contribution is -2.14. The van der Waals surface area contributed by atoms with Crippen LogP contribution in [0.2, 0.25) is 0 Å². The van der Waals surface area contributed by atoms with E-state index in [2.05, 4.69) is 27.9 Å². The molecule has 9 heteroatoms. The van der Waals surface area contributed by atoms with Crippen LogP contribution in [0.1, 0.15) is 10.4 Å². The van der Waals surface area contributed by atoms with Crippen molar-refractivity contribution < 1.29 is 14.5 Å². The summed E-state index contributed by atoms with van der Waals surface area (Å²) in [5.41, 5.74) is 5.58. The van der Waals surface area contributed by atoms with Gasteiger partial charge in [0.25, 0.3) is 5.69 Å². The molecule has 0 atom stereocenters. The van der Waals surface area contributed by atoms with Crippen molar-refractivity contribution in [1.82, 2.24) is 0 Å². The highest BCUT2D eigenvalue weighted by Crippen LogP contribution is 2.30. The van der Waals surface area contributed by atoms with E-state index in [0.29, 0.717) is 10.6 Å². The number of anilines is 1. The Balaban J connectivity index is 2.07. The summed E-state index contributed by atoms with van der Waals surface area (Å²) >= 11 is 3.15. The van der Waals surface area contributed by atoms with Crippen LogP contribution in [0, 0.1) is 13.7 Å². The second-order valence-electron chi connectivity index (χ2n) is 4.65. The van der Waals surface area contributed by atoms with E-state index in [1.54, 1.807) is 6.07 Å². The highest BCUT2D eigenvalue weighted by molar-refractivity contribution is 14.1. The van der Waals surface area contributed by atoms with Gasteiger partial charge in [-0.2, -0.15) is 0 Å². The van der Waals surface area contributed by atoms with E-state index in [1.165, 1.54) is 12.1 Å². The average molecular weight is 457 g/mol. The van der Waals surface area contributed by atoms with Crippen molar-refractivity contribution in [2.24, 2.45) is 5.73 Å². The molecule has 0 aliphatic heterocycles. The third-order valence-electron chi connectivity index (χ3n) is 2.91. The van der Waals surface area contributed by atoms with Crippen molar-refractivity contribution in [1.29, 1.82) is 0 Å². The van der Waals surface area contributed by atoms with E-state index in [1.807, 2.05) is 18.2 Å². The van der Waals surface area contributed by atoms with Gasteiger partial charge in [-0.05, 0) is 52.9 Å². The molecule has 0 aliphatic carbocycles. The van der Waals surface area contributed by atoms with Gasteiger partial charge in [0.05, 0.1) is 15.6 Å². The Morgan fingerprint density at radius 2 is 2.00 bits per heavy atom. The summed E-state index contributed by atoms with van der Waals surface area (Å²) in [6, 6.07) is 11.2. The lowest BCUT2D eigenvalue weighted by molar-refractivity contribution is -0.387. The zero-order chi connectivity index (χ0) is 17.7. The number of nitro benzene ring substituents is 1. The van der Waals surface area contributed by atoms with E-state index in [0.717, 1.165) is 21.4 Å². The first-order valence-electron chi connectivity index (χ1n) is 6.63. The normalized spacial score (nSPS) is 10.2. The Hall–Kier alpha value is -2.14. The quantitative estimate of drug-likeness (QED) is 0.300. The fraction of sp³-hybridized carbons (Fsp3) is 0.0667. The first-order chi connectivity index (χ1) is 11.4. The Kier molecular flexibility index (Phi) is 6.15. The van der Waals surface area contributed by atoms with Gasteiger partial charge in [0.2, 0.25) is 11.8 Å². The number of primary amides is 1. The van der Waals surface area contributed by atoms with Crippen LogP contribution in [0.5, 0.6) is 0 Å². The van der Waals surface area contributed by atoms with Gasteiger partial charge in [0.1, 0.15) is 0 Å². The molecule has 0 bridgehead atoms. The van der Waals surface area contributed by atoms with Crippen LogP contribution >= 0.6 is 34.4 Å². The maximum absolute atomic E-state index is 12.0. The van der Waals surface area contributed by atoms with E-state index < -0.39 is 10.8 Å². The summed E-state index contributed by atoms with van der Waals surface area (Å²) in [4.78, 5) is 33.9. The predicted octanol–water partition coefficient (Wildman–Crippen LogP) is 3.03. The summed E-state index contributed by atoms with van der Waals surface area (Å²) in [6.07, 6.45) is 0. The molecule has 0 saturated carbocycles. The van der Waals surface area contributed by atoms with Crippen LogP contribution in [0.15, 0.2) is 47.4 Å². The zero-order valence-corrected chi connectivity index (χ0v) is 15.2. The van der Waals surface area contributed by atoms with Crippen LogP contribution in [0.25, 0.3) is 0 Å². The number of nitrogens with one attached hydrogen (secondary N) is 1. The number of carbonyl (C=O) groups is 2. The first kappa shape index (κ1) is 18.2. The van der Waals surface area contributed by atoms with Crippen molar-refractivity contribution in [3.05, 3.63) is 61.7 Å².